The van der Waals surface area contributed by atoms with E-state index in [0.29, 0.717) is 15.7 Å². The topological polar surface area (TPSA) is 75.7 Å². The van der Waals surface area contributed by atoms with Crippen LogP contribution in [0.1, 0.15) is 18.9 Å². The van der Waals surface area contributed by atoms with E-state index >= 15 is 0 Å². The standard InChI is InChI=1S/C21H20Cl2N2O4/c1-2-13-5-3-4-6-18(13)25-11-14(9-20(25)27)21(28)29-12-19(26)24-15-7-8-16(22)17(23)10-15/h3-8,10,14H,2,9,11-12H2,1H3,(H,24,26)/t14-/m0/s1. The molecule has 0 unspecified atom stereocenters. The molecule has 2 amide bonds. The molecule has 0 radical (unpaired) electrons. The minimum Gasteiger partial charge on any atom is -0.455 e. The number of anilines is 2. The van der Waals surface area contributed by atoms with Gasteiger partial charge in [0.2, 0.25) is 5.91 Å². The van der Waals surface area contributed by atoms with Crippen LogP contribution in [-0.4, -0.2) is 30.9 Å². The second-order valence-corrected chi connectivity index (χ2v) is 7.49. The molecule has 2 aromatic rings. The molecular formula is C21H20Cl2N2O4. The van der Waals surface area contributed by atoms with E-state index in [1.165, 1.54) is 6.07 Å². The molecule has 3 rings (SSSR count). The molecule has 0 aromatic heterocycles. The number of nitrogens with one attached hydrogen (secondary N) is 1. The van der Waals surface area contributed by atoms with Crippen LogP contribution in [0.15, 0.2) is 42.5 Å². The summed E-state index contributed by atoms with van der Waals surface area (Å²) in [6, 6.07) is 12.3. The molecule has 1 aliphatic rings. The van der Waals surface area contributed by atoms with Gasteiger partial charge in [0.25, 0.3) is 5.91 Å². The van der Waals surface area contributed by atoms with E-state index in [2.05, 4.69) is 5.32 Å². The number of hydrogen-bond acceptors (Lipinski definition) is 4. The first kappa shape index (κ1) is 21.1. The number of halogens is 2. The van der Waals surface area contributed by atoms with Crippen LogP contribution in [0.3, 0.4) is 0 Å². The lowest BCUT2D eigenvalue weighted by molar-refractivity contribution is -0.151. The molecule has 0 bridgehead atoms. The Bertz CT molecular complexity index is 948. The van der Waals surface area contributed by atoms with Crippen molar-refractivity contribution in [1.82, 2.24) is 0 Å². The van der Waals surface area contributed by atoms with Gasteiger partial charge in [0.15, 0.2) is 6.61 Å². The number of carbonyl (C=O) groups excluding carboxylic acids is 3. The first-order chi connectivity index (χ1) is 13.9. The summed E-state index contributed by atoms with van der Waals surface area (Å²) in [4.78, 5) is 38.4. The van der Waals surface area contributed by atoms with Crippen LogP contribution in [0.25, 0.3) is 0 Å². The van der Waals surface area contributed by atoms with E-state index in [4.69, 9.17) is 27.9 Å². The number of para-hydroxylation sites is 1. The van der Waals surface area contributed by atoms with Crippen molar-refractivity contribution in [2.45, 2.75) is 19.8 Å². The molecule has 1 heterocycles. The highest BCUT2D eigenvalue weighted by Gasteiger charge is 2.37. The molecule has 1 atom stereocenters. The zero-order chi connectivity index (χ0) is 21.0. The predicted octanol–water partition coefficient (Wildman–Crippen LogP) is 4.09. The lowest BCUT2D eigenvalue weighted by Crippen LogP contribution is -2.28. The molecule has 0 aliphatic carbocycles. The van der Waals surface area contributed by atoms with Crippen LogP contribution in [-0.2, 0) is 25.5 Å². The van der Waals surface area contributed by atoms with E-state index < -0.39 is 24.4 Å². The highest BCUT2D eigenvalue weighted by atomic mass is 35.5. The minimum absolute atomic E-state index is 0.0608. The van der Waals surface area contributed by atoms with Gasteiger partial charge in [-0.3, -0.25) is 14.4 Å². The summed E-state index contributed by atoms with van der Waals surface area (Å²) in [5.41, 5.74) is 2.29. The molecule has 152 valence electrons. The maximum atomic E-state index is 12.4. The summed E-state index contributed by atoms with van der Waals surface area (Å²) >= 11 is 11.7. The van der Waals surface area contributed by atoms with E-state index in [-0.39, 0.29) is 18.9 Å². The van der Waals surface area contributed by atoms with Crippen LogP contribution in [0.2, 0.25) is 10.0 Å². The SMILES string of the molecule is CCc1ccccc1N1C[C@@H](C(=O)OCC(=O)Nc2ccc(Cl)c(Cl)c2)CC1=O. The predicted molar refractivity (Wildman–Crippen MR) is 112 cm³/mol. The van der Waals surface area contributed by atoms with Gasteiger partial charge in [-0.15, -0.1) is 0 Å². The van der Waals surface area contributed by atoms with Crippen LogP contribution in [0.4, 0.5) is 11.4 Å². The molecule has 1 aliphatic heterocycles. The molecule has 1 saturated heterocycles. The molecule has 0 saturated carbocycles. The summed E-state index contributed by atoms with van der Waals surface area (Å²) in [6.45, 7) is 1.80. The maximum absolute atomic E-state index is 12.4. The van der Waals surface area contributed by atoms with Gasteiger partial charge in [0.05, 0.1) is 16.0 Å². The smallest absolute Gasteiger partial charge is 0.311 e. The summed E-state index contributed by atoms with van der Waals surface area (Å²) in [6.07, 6.45) is 0.843. The molecule has 29 heavy (non-hydrogen) atoms. The van der Waals surface area contributed by atoms with Crippen LogP contribution in [0.5, 0.6) is 0 Å². The fourth-order valence-electron chi connectivity index (χ4n) is 3.20. The van der Waals surface area contributed by atoms with E-state index in [1.807, 2.05) is 31.2 Å². The molecule has 6 nitrogen and oxygen atoms in total. The first-order valence-electron chi connectivity index (χ1n) is 9.18. The van der Waals surface area contributed by atoms with Crippen LogP contribution < -0.4 is 10.2 Å². The van der Waals surface area contributed by atoms with Crippen LogP contribution in [0, 0.1) is 5.92 Å². The Balaban J connectivity index is 1.55. The monoisotopic (exact) mass is 434 g/mol. The second-order valence-electron chi connectivity index (χ2n) is 6.67. The lowest BCUT2D eigenvalue weighted by atomic mass is 10.1. The zero-order valence-electron chi connectivity index (χ0n) is 15.8. The fourth-order valence-corrected chi connectivity index (χ4v) is 3.49. The Hall–Kier alpha value is -2.57. The van der Waals surface area contributed by atoms with Gasteiger partial charge in [-0.05, 0) is 36.2 Å². The van der Waals surface area contributed by atoms with E-state index in [9.17, 15) is 14.4 Å². The molecule has 1 fully saturated rings. The van der Waals surface area contributed by atoms with Gasteiger partial charge >= 0.3 is 5.97 Å². The van der Waals surface area contributed by atoms with Crippen molar-refractivity contribution in [1.29, 1.82) is 0 Å². The Morgan fingerprint density at radius 3 is 2.66 bits per heavy atom. The van der Waals surface area contributed by atoms with Crippen molar-refractivity contribution in [3.63, 3.8) is 0 Å². The van der Waals surface area contributed by atoms with Gasteiger partial charge in [-0.1, -0.05) is 48.3 Å². The average Bonchev–Trinajstić information content (AvgIpc) is 3.10. The minimum atomic E-state index is -0.606. The number of carbonyl (C=O) groups is 3. The highest BCUT2D eigenvalue weighted by Crippen LogP contribution is 2.29. The third kappa shape index (κ3) is 5.08. The molecule has 8 heteroatoms. The third-order valence-electron chi connectivity index (χ3n) is 4.67. The largest absolute Gasteiger partial charge is 0.455 e. The first-order valence-corrected chi connectivity index (χ1v) is 9.94. The zero-order valence-corrected chi connectivity index (χ0v) is 17.3. The van der Waals surface area contributed by atoms with Gasteiger partial charge in [0, 0.05) is 24.3 Å². The molecule has 2 aromatic carbocycles. The van der Waals surface area contributed by atoms with Crippen molar-refractivity contribution in [2.24, 2.45) is 5.92 Å². The van der Waals surface area contributed by atoms with Crippen molar-refractivity contribution >= 4 is 52.4 Å². The number of benzene rings is 2. The number of nitrogens with zero attached hydrogens (tertiary/aromatic N) is 1. The van der Waals surface area contributed by atoms with Crippen molar-refractivity contribution in [2.75, 3.05) is 23.4 Å². The molecular weight excluding hydrogens is 415 g/mol. The second kappa shape index (κ2) is 9.29. The van der Waals surface area contributed by atoms with Gasteiger partial charge in [-0.2, -0.15) is 0 Å². The van der Waals surface area contributed by atoms with E-state index in [1.54, 1.807) is 17.0 Å². The van der Waals surface area contributed by atoms with E-state index in [0.717, 1.165) is 17.7 Å². The van der Waals surface area contributed by atoms with Crippen LogP contribution >= 0.6 is 23.2 Å². The number of esters is 1. The number of amides is 2. The average molecular weight is 435 g/mol. The number of ether oxygens (including phenoxy) is 1. The van der Waals surface area contributed by atoms with Gasteiger partial charge in [0.1, 0.15) is 0 Å². The number of hydrogen-bond donors (Lipinski definition) is 1. The summed E-state index contributed by atoms with van der Waals surface area (Å²) < 4.78 is 5.11. The maximum Gasteiger partial charge on any atom is 0.311 e. The third-order valence-corrected chi connectivity index (χ3v) is 5.41. The van der Waals surface area contributed by atoms with Crippen molar-refractivity contribution in [3.8, 4) is 0 Å². The van der Waals surface area contributed by atoms with Crippen molar-refractivity contribution in [3.05, 3.63) is 58.1 Å². The Morgan fingerprint density at radius 2 is 1.93 bits per heavy atom. The molecule has 1 N–H and O–H groups in total. The Morgan fingerprint density at radius 1 is 1.17 bits per heavy atom. The Labute approximate surface area is 178 Å². The highest BCUT2D eigenvalue weighted by molar-refractivity contribution is 6.42. The number of rotatable bonds is 6. The summed E-state index contributed by atoms with van der Waals surface area (Å²) in [5.74, 6) is -1.81. The summed E-state index contributed by atoms with van der Waals surface area (Å²) in [7, 11) is 0. The number of aryl methyl sites for hydroxylation is 1. The van der Waals surface area contributed by atoms with Gasteiger partial charge < -0.3 is 15.0 Å². The van der Waals surface area contributed by atoms with Crippen molar-refractivity contribution < 1.29 is 19.1 Å². The Kier molecular flexibility index (Phi) is 6.77. The quantitative estimate of drug-likeness (QED) is 0.694. The molecule has 0 spiro atoms. The fraction of sp³-hybridized carbons (Fsp3) is 0.286. The lowest BCUT2D eigenvalue weighted by Gasteiger charge is -2.19. The summed E-state index contributed by atoms with van der Waals surface area (Å²) in [5, 5.41) is 3.25. The van der Waals surface area contributed by atoms with Gasteiger partial charge in [-0.25, -0.2) is 0 Å². The normalized spacial score (nSPS) is 16.0.